The fraction of sp³-hybridized carbons (Fsp3) is 0.316. The third-order valence-electron chi connectivity index (χ3n) is 4.66. The van der Waals surface area contributed by atoms with Gasteiger partial charge in [0.1, 0.15) is 16.5 Å². The second kappa shape index (κ2) is 8.46. The number of carbonyl (C=O) groups is 1. The Labute approximate surface area is 168 Å². The van der Waals surface area contributed by atoms with Gasteiger partial charge < -0.3 is 10.1 Å². The van der Waals surface area contributed by atoms with Crippen molar-refractivity contribution < 1.29 is 22.3 Å². The van der Waals surface area contributed by atoms with E-state index in [9.17, 15) is 17.6 Å². The van der Waals surface area contributed by atoms with Gasteiger partial charge in [-0.3, -0.25) is 4.79 Å². The third-order valence-corrected chi connectivity index (χ3v) is 6.82. The Morgan fingerprint density at radius 1 is 1.21 bits per heavy atom. The number of hydrogen-bond donors (Lipinski definition) is 1. The van der Waals surface area contributed by atoms with Gasteiger partial charge in [-0.15, -0.1) is 0 Å². The molecule has 6 nitrogen and oxygen atoms in total. The number of amides is 1. The highest BCUT2D eigenvalue weighted by Gasteiger charge is 2.34. The summed E-state index contributed by atoms with van der Waals surface area (Å²) in [6, 6.07) is 10.2. The van der Waals surface area contributed by atoms with Crippen molar-refractivity contribution in [3.8, 4) is 5.75 Å². The van der Waals surface area contributed by atoms with E-state index in [-0.39, 0.29) is 35.6 Å². The first-order valence-corrected chi connectivity index (χ1v) is 10.5. The van der Waals surface area contributed by atoms with E-state index in [1.165, 1.54) is 17.5 Å². The zero-order valence-corrected chi connectivity index (χ0v) is 16.8. The molecule has 1 fully saturated rings. The van der Waals surface area contributed by atoms with E-state index in [0.29, 0.717) is 23.6 Å². The van der Waals surface area contributed by atoms with Crippen LogP contribution in [-0.4, -0.2) is 38.8 Å². The Balaban J connectivity index is 1.68. The minimum absolute atomic E-state index is 0.0854. The van der Waals surface area contributed by atoms with Crippen LogP contribution in [0.5, 0.6) is 5.75 Å². The van der Waals surface area contributed by atoms with Gasteiger partial charge in [-0.2, -0.15) is 4.31 Å². The quantitative estimate of drug-likeness (QED) is 0.793. The number of nitrogens with one attached hydrogen (secondary N) is 1. The fourth-order valence-electron chi connectivity index (χ4n) is 3.16. The molecule has 0 saturated carbocycles. The first-order valence-electron chi connectivity index (χ1n) is 8.71. The van der Waals surface area contributed by atoms with Crippen LogP contribution in [0.3, 0.4) is 0 Å². The number of carbonyl (C=O) groups excluding carboxylic acids is 1. The van der Waals surface area contributed by atoms with Crippen LogP contribution in [0.15, 0.2) is 47.4 Å². The van der Waals surface area contributed by atoms with Crippen LogP contribution in [0.25, 0.3) is 0 Å². The van der Waals surface area contributed by atoms with Gasteiger partial charge in [0.15, 0.2) is 0 Å². The van der Waals surface area contributed by atoms with Gasteiger partial charge in [-0.25, -0.2) is 12.8 Å². The Bertz CT molecular complexity index is 976. The Hall–Kier alpha value is -2.16. The highest BCUT2D eigenvalue weighted by Crippen LogP contribution is 2.30. The zero-order chi connectivity index (χ0) is 20.3. The lowest BCUT2D eigenvalue weighted by Crippen LogP contribution is -2.41. The minimum Gasteiger partial charge on any atom is -0.495 e. The first-order chi connectivity index (χ1) is 13.3. The molecule has 0 spiro atoms. The summed E-state index contributed by atoms with van der Waals surface area (Å²) in [6.45, 7) is 0.325. The van der Waals surface area contributed by atoms with Crippen molar-refractivity contribution in [2.24, 2.45) is 5.92 Å². The van der Waals surface area contributed by atoms with Crippen LogP contribution in [0.4, 0.5) is 10.1 Å². The maximum absolute atomic E-state index is 13.6. The van der Waals surface area contributed by atoms with Gasteiger partial charge in [0.05, 0.1) is 7.11 Å². The lowest BCUT2D eigenvalue weighted by atomic mass is 9.97. The molecule has 0 unspecified atom stereocenters. The Morgan fingerprint density at radius 2 is 1.93 bits per heavy atom. The normalized spacial score (nSPS) is 16.0. The monoisotopic (exact) mass is 426 g/mol. The number of sulfonamides is 1. The van der Waals surface area contributed by atoms with Crippen LogP contribution >= 0.6 is 11.6 Å². The van der Waals surface area contributed by atoms with Gasteiger partial charge in [0.2, 0.25) is 15.9 Å². The maximum Gasteiger partial charge on any atom is 0.246 e. The van der Waals surface area contributed by atoms with Gasteiger partial charge in [0, 0.05) is 29.7 Å². The molecule has 1 saturated heterocycles. The number of halogens is 2. The lowest BCUT2D eigenvalue weighted by molar-refractivity contribution is -0.120. The van der Waals surface area contributed by atoms with Gasteiger partial charge >= 0.3 is 0 Å². The summed E-state index contributed by atoms with van der Waals surface area (Å²) in [6.07, 6.45) is 0.729. The van der Waals surface area contributed by atoms with Gasteiger partial charge in [0.25, 0.3) is 0 Å². The van der Waals surface area contributed by atoms with Crippen LogP contribution in [0, 0.1) is 11.7 Å². The van der Waals surface area contributed by atoms with Crippen molar-refractivity contribution in [3.63, 3.8) is 0 Å². The van der Waals surface area contributed by atoms with Crippen molar-refractivity contribution in [2.45, 2.75) is 17.7 Å². The molecular formula is C19H20ClFN2O4S. The number of rotatable bonds is 5. The van der Waals surface area contributed by atoms with Crippen LogP contribution in [0.2, 0.25) is 5.02 Å². The number of ether oxygens (including phenoxy) is 1. The summed E-state index contributed by atoms with van der Waals surface area (Å²) in [5.74, 6) is -1.07. The molecule has 1 N–H and O–H groups in total. The molecule has 0 bridgehead atoms. The summed E-state index contributed by atoms with van der Waals surface area (Å²) in [5.41, 5.74) is 0.594. The molecule has 2 aromatic rings. The molecule has 3 rings (SSSR count). The number of piperidine rings is 1. The largest absolute Gasteiger partial charge is 0.495 e. The number of anilines is 1. The Morgan fingerprint density at radius 3 is 2.57 bits per heavy atom. The number of hydrogen-bond acceptors (Lipinski definition) is 4. The second-order valence-corrected chi connectivity index (χ2v) is 8.82. The van der Waals surface area contributed by atoms with Gasteiger partial charge in [-0.1, -0.05) is 17.7 Å². The van der Waals surface area contributed by atoms with Crippen molar-refractivity contribution >= 4 is 33.2 Å². The van der Waals surface area contributed by atoms with Crippen LogP contribution < -0.4 is 10.1 Å². The molecule has 0 aliphatic carbocycles. The maximum atomic E-state index is 13.6. The predicted molar refractivity (Wildman–Crippen MR) is 105 cm³/mol. The van der Waals surface area contributed by atoms with E-state index in [4.69, 9.17) is 16.3 Å². The zero-order valence-electron chi connectivity index (χ0n) is 15.2. The molecule has 0 radical (unpaired) electrons. The number of methoxy groups -OCH3 is 1. The van der Waals surface area contributed by atoms with Gasteiger partial charge in [-0.05, 0) is 49.2 Å². The van der Waals surface area contributed by atoms with E-state index in [1.807, 2.05) is 0 Å². The average molecular weight is 427 g/mol. The molecular weight excluding hydrogens is 407 g/mol. The Kier molecular flexibility index (Phi) is 6.22. The molecule has 1 amide bonds. The van der Waals surface area contributed by atoms with Crippen LogP contribution in [0.1, 0.15) is 12.8 Å². The third kappa shape index (κ3) is 4.45. The van der Waals surface area contributed by atoms with E-state index < -0.39 is 15.8 Å². The molecule has 28 heavy (non-hydrogen) atoms. The second-order valence-electron chi connectivity index (χ2n) is 6.47. The summed E-state index contributed by atoms with van der Waals surface area (Å²) in [4.78, 5) is 12.2. The molecule has 1 heterocycles. The number of benzene rings is 2. The van der Waals surface area contributed by atoms with Crippen molar-refractivity contribution in [1.29, 1.82) is 0 Å². The van der Waals surface area contributed by atoms with E-state index in [2.05, 4.69) is 5.32 Å². The molecule has 0 aromatic heterocycles. The SMILES string of the molecule is COc1ccc(F)cc1S(=O)(=O)N1CCC(C(=O)Nc2cccc(Cl)c2)CC1. The highest BCUT2D eigenvalue weighted by molar-refractivity contribution is 7.89. The summed E-state index contributed by atoms with van der Waals surface area (Å²) >= 11 is 5.92. The number of nitrogens with zero attached hydrogens (tertiary/aromatic N) is 1. The standard InChI is InChI=1S/C19H20ClFN2O4S/c1-27-17-6-5-15(21)12-18(17)28(25,26)23-9-7-13(8-10-23)19(24)22-16-4-2-3-14(20)11-16/h2-6,11-13H,7-10H2,1H3,(H,22,24). The topological polar surface area (TPSA) is 75.7 Å². The van der Waals surface area contributed by atoms with E-state index >= 15 is 0 Å². The smallest absolute Gasteiger partial charge is 0.246 e. The van der Waals surface area contributed by atoms with E-state index in [0.717, 1.165) is 12.1 Å². The van der Waals surface area contributed by atoms with Crippen molar-refractivity contribution in [3.05, 3.63) is 53.3 Å². The van der Waals surface area contributed by atoms with Crippen molar-refractivity contribution in [2.75, 3.05) is 25.5 Å². The molecule has 0 atom stereocenters. The molecule has 1 aliphatic rings. The molecule has 1 aliphatic heterocycles. The van der Waals surface area contributed by atoms with Crippen molar-refractivity contribution in [1.82, 2.24) is 4.31 Å². The fourth-order valence-corrected chi connectivity index (χ4v) is 4.99. The first kappa shape index (κ1) is 20.6. The molecule has 2 aromatic carbocycles. The summed E-state index contributed by atoms with van der Waals surface area (Å²) in [5, 5.41) is 3.32. The lowest BCUT2D eigenvalue weighted by Gasteiger charge is -2.30. The highest BCUT2D eigenvalue weighted by atomic mass is 35.5. The molecule has 9 heteroatoms. The average Bonchev–Trinajstić information content (AvgIpc) is 2.68. The minimum atomic E-state index is -3.92. The summed E-state index contributed by atoms with van der Waals surface area (Å²) < 4.78 is 45.7. The predicted octanol–water partition coefficient (Wildman–Crippen LogP) is 3.53. The van der Waals surface area contributed by atoms with E-state index in [1.54, 1.807) is 24.3 Å². The van der Waals surface area contributed by atoms with Crippen LogP contribution in [-0.2, 0) is 14.8 Å². The molecule has 150 valence electrons. The summed E-state index contributed by atoms with van der Waals surface area (Å²) in [7, 11) is -2.59.